The van der Waals surface area contributed by atoms with E-state index in [4.69, 9.17) is 0 Å². The Bertz CT molecular complexity index is 628. The summed E-state index contributed by atoms with van der Waals surface area (Å²) in [5.41, 5.74) is 2.52. The Hall–Kier alpha value is -1.39. The Morgan fingerprint density at radius 3 is 2.24 bits per heavy atom. The Labute approximate surface area is 178 Å². The van der Waals surface area contributed by atoms with E-state index in [9.17, 15) is 4.79 Å². The Morgan fingerprint density at radius 1 is 1.07 bits per heavy atom. The zero-order valence-electron chi connectivity index (χ0n) is 19.1. The molecule has 0 N–H and O–H groups in total. The molecule has 1 aliphatic carbocycles. The highest BCUT2D eigenvalue weighted by Gasteiger charge is 2.27. The summed E-state index contributed by atoms with van der Waals surface area (Å²) in [6.07, 6.45) is 7.04. The molecular weight excluding hydrogens is 358 g/mol. The van der Waals surface area contributed by atoms with Crippen LogP contribution in [0, 0.1) is 5.92 Å². The third-order valence-electron chi connectivity index (χ3n) is 6.83. The van der Waals surface area contributed by atoms with Gasteiger partial charge in [0.05, 0.1) is 0 Å². The fraction of sp³-hybridized carbons (Fsp3) is 0.720. The lowest BCUT2D eigenvalue weighted by Gasteiger charge is -2.40. The summed E-state index contributed by atoms with van der Waals surface area (Å²) in [4.78, 5) is 20.0. The van der Waals surface area contributed by atoms with Gasteiger partial charge >= 0.3 is 0 Å². The number of hydrogen-bond acceptors (Lipinski definition) is 3. The normalized spacial score (nSPS) is 20.3. The molecule has 1 atom stereocenters. The van der Waals surface area contributed by atoms with E-state index >= 15 is 0 Å². The summed E-state index contributed by atoms with van der Waals surface area (Å²) >= 11 is 0. The molecule has 0 radical (unpaired) electrons. The number of nitrogens with zero attached hydrogens (tertiary/aromatic N) is 3. The van der Waals surface area contributed by atoms with E-state index in [1.54, 1.807) is 0 Å². The Morgan fingerprint density at radius 2 is 1.69 bits per heavy atom. The van der Waals surface area contributed by atoms with Crippen molar-refractivity contribution in [3.05, 3.63) is 29.8 Å². The van der Waals surface area contributed by atoms with E-state index in [0.717, 1.165) is 50.7 Å². The summed E-state index contributed by atoms with van der Waals surface area (Å²) in [7, 11) is 2.20. The molecule has 1 saturated carbocycles. The average Bonchev–Trinajstić information content (AvgIpc) is 3.26. The van der Waals surface area contributed by atoms with Gasteiger partial charge in [-0.05, 0) is 55.8 Å². The first-order chi connectivity index (χ1) is 14.0. The number of benzene rings is 1. The highest BCUT2D eigenvalue weighted by Crippen LogP contribution is 2.35. The molecule has 1 unspecified atom stereocenters. The van der Waals surface area contributed by atoms with E-state index in [0.29, 0.717) is 18.4 Å². The van der Waals surface area contributed by atoms with E-state index in [2.05, 4.69) is 59.9 Å². The number of carbonyl (C=O) groups excluding carboxylic acids is 1. The minimum atomic E-state index is 0.237. The maximum atomic E-state index is 12.9. The van der Waals surface area contributed by atoms with Crippen molar-refractivity contribution in [1.29, 1.82) is 0 Å². The number of anilines is 1. The lowest BCUT2D eigenvalue weighted by molar-refractivity contribution is -0.118. The van der Waals surface area contributed by atoms with Crippen LogP contribution in [0.3, 0.4) is 0 Å². The summed E-state index contributed by atoms with van der Waals surface area (Å²) in [6.45, 7) is 11.8. The molecule has 1 heterocycles. The molecule has 1 aromatic carbocycles. The van der Waals surface area contributed by atoms with E-state index in [1.165, 1.54) is 31.2 Å². The van der Waals surface area contributed by atoms with E-state index < -0.39 is 0 Å². The quantitative estimate of drug-likeness (QED) is 0.631. The second-order valence-corrected chi connectivity index (χ2v) is 9.55. The minimum absolute atomic E-state index is 0.237. The van der Waals surface area contributed by atoms with Crippen molar-refractivity contribution in [2.24, 2.45) is 5.92 Å². The molecule has 1 amide bonds. The van der Waals surface area contributed by atoms with Gasteiger partial charge < -0.3 is 9.80 Å². The van der Waals surface area contributed by atoms with Crippen molar-refractivity contribution < 1.29 is 4.79 Å². The number of piperazine rings is 1. The average molecular weight is 400 g/mol. The van der Waals surface area contributed by atoms with Gasteiger partial charge in [0.2, 0.25) is 5.91 Å². The first-order valence-electron chi connectivity index (χ1n) is 11.8. The van der Waals surface area contributed by atoms with Gasteiger partial charge in [-0.15, -0.1) is 0 Å². The number of carbonyl (C=O) groups is 1. The maximum absolute atomic E-state index is 12.9. The fourth-order valence-electron chi connectivity index (χ4n) is 5.01. The van der Waals surface area contributed by atoms with Crippen LogP contribution < -0.4 is 4.90 Å². The molecular formula is C25H41N3O. The highest BCUT2D eigenvalue weighted by atomic mass is 16.2. The van der Waals surface area contributed by atoms with Crippen molar-refractivity contribution in [2.75, 3.05) is 44.7 Å². The lowest BCUT2D eigenvalue weighted by atomic mass is 9.97. The molecule has 4 nitrogen and oxygen atoms in total. The van der Waals surface area contributed by atoms with Gasteiger partial charge in [-0.1, -0.05) is 45.7 Å². The van der Waals surface area contributed by atoms with Crippen molar-refractivity contribution in [2.45, 2.75) is 71.3 Å². The van der Waals surface area contributed by atoms with Crippen molar-refractivity contribution >= 4 is 11.6 Å². The molecule has 1 aliphatic heterocycles. The van der Waals surface area contributed by atoms with Crippen molar-refractivity contribution in [1.82, 2.24) is 9.80 Å². The first-order valence-corrected chi connectivity index (χ1v) is 11.8. The van der Waals surface area contributed by atoms with Crippen LogP contribution in [0.25, 0.3) is 0 Å². The topological polar surface area (TPSA) is 26.8 Å². The predicted molar refractivity (Wildman–Crippen MR) is 123 cm³/mol. The predicted octanol–water partition coefficient (Wildman–Crippen LogP) is 4.75. The minimum Gasteiger partial charge on any atom is -0.311 e. The Balaban J connectivity index is 1.76. The van der Waals surface area contributed by atoms with Gasteiger partial charge in [0.1, 0.15) is 0 Å². The molecule has 1 aromatic rings. The van der Waals surface area contributed by atoms with Crippen LogP contribution in [-0.2, 0) is 4.79 Å². The van der Waals surface area contributed by atoms with Crippen LogP contribution in [-0.4, -0.2) is 61.5 Å². The number of rotatable bonds is 8. The third-order valence-corrected chi connectivity index (χ3v) is 6.83. The molecule has 29 heavy (non-hydrogen) atoms. The van der Waals surface area contributed by atoms with Gasteiger partial charge in [0.15, 0.2) is 0 Å². The molecule has 4 heteroatoms. The smallest absolute Gasteiger partial charge is 0.226 e. The van der Waals surface area contributed by atoms with Gasteiger partial charge in [-0.25, -0.2) is 0 Å². The molecule has 1 saturated heterocycles. The SMILES string of the molecule is CCC(=O)N(CC(CC(C)C)N1CCN(C)CC1)c1ccc(C2CCCC2)cc1. The first kappa shape index (κ1) is 22.3. The zero-order valence-corrected chi connectivity index (χ0v) is 19.1. The fourth-order valence-corrected chi connectivity index (χ4v) is 5.01. The number of hydrogen-bond donors (Lipinski definition) is 0. The van der Waals surface area contributed by atoms with Crippen molar-refractivity contribution in [3.63, 3.8) is 0 Å². The van der Waals surface area contributed by atoms with Crippen LogP contribution in [0.2, 0.25) is 0 Å². The summed E-state index contributed by atoms with van der Waals surface area (Å²) in [5.74, 6) is 1.59. The molecule has 0 aromatic heterocycles. The molecule has 2 fully saturated rings. The van der Waals surface area contributed by atoms with E-state index in [1.807, 2.05) is 6.92 Å². The van der Waals surface area contributed by atoms with E-state index in [-0.39, 0.29) is 5.91 Å². The van der Waals surface area contributed by atoms with Gasteiger partial charge in [-0.3, -0.25) is 9.69 Å². The molecule has 0 spiro atoms. The number of amides is 1. The second kappa shape index (κ2) is 10.6. The number of likely N-dealkylation sites (N-methyl/N-ethyl adjacent to an activating group) is 1. The summed E-state index contributed by atoms with van der Waals surface area (Å²) < 4.78 is 0. The zero-order chi connectivity index (χ0) is 20.8. The second-order valence-electron chi connectivity index (χ2n) is 9.55. The van der Waals surface area contributed by atoms with Gasteiger partial charge in [0, 0.05) is 50.9 Å². The molecule has 0 bridgehead atoms. The molecule has 162 valence electrons. The van der Waals surface area contributed by atoms with Crippen LogP contribution >= 0.6 is 0 Å². The Kier molecular flexibility index (Phi) is 8.14. The standard InChI is InChI=1S/C25H41N3O/c1-5-25(29)28(23-12-10-22(11-13-23)21-8-6-7-9-21)19-24(18-20(2)3)27-16-14-26(4)15-17-27/h10-13,20-21,24H,5-9,14-19H2,1-4H3. The highest BCUT2D eigenvalue weighted by molar-refractivity contribution is 5.93. The molecule has 2 aliphatic rings. The summed E-state index contributed by atoms with van der Waals surface area (Å²) in [6, 6.07) is 9.35. The van der Waals surface area contributed by atoms with Crippen LogP contribution in [0.15, 0.2) is 24.3 Å². The summed E-state index contributed by atoms with van der Waals surface area (Å²) in [5, 5.41) is 0. The maximum Gasteiger partial charge on any atom is 0.226 e. The monoisotopic (exact) mass is 399 g/mol. The lowest BCUT2D eigenvalue weighted by Crippen LogP contribution is -2.53. The van der Waals surface area contributed by atoms with Crippen LogP contribution in [0.4, 0.5) is 5.69 Å². The third kappa shape index (κ3) is 6.05. The molecule has 3 rings (SSSR count). The van der Waals surface area contributed by atoms with Crippen LogP contribution in [0.5, 0.6) is 0 Å². The van der Waals surface area contributed by atoms with Gasteiger partial charge in [-0.2, -0.15) is 0 Å². The van der Waals surface area contributed by atoms with Crippen LogP contribution in [0.1, 0.15) is 70.8 Å². The largest absolute Gasteiger partial charge is 0.311 e. The van der Waals surface area contributed by atoms with Gasteiger partial charge in [0.25, 0.3) is 0 Å². The van der Waals surface area contributed by atoms with Crippen molar-refractivity contribution in [3.8, 4) is 0 Å².